The van der Waals surface area contributed by atoms with Crippen LogP contribution in [0.15, 0.2) is 12.1 Å². The van der Waals surface area contributed by atoms with Crippen LogP contribution in [0, 0.1) is 5.41 Å². The third kappa shape index (κ3) is 6.20. The minimum Gasteiger partial charge on any atom is -0.383 e. The smallest absolute Gasteiger partial charge is 0.337 e. The molecule has 1 aliphatic heterocycles. The van der Waals surface area contributed by atoms with Crippen molar-refractivity contribution in [2.24, 2.45) is 11.5 Å². The Morgan fingerprint density at radius 1 is 1.13 bits per heavy atom. The Labute approximate surface area is 232 Å². The van der Waals surface area contributed by atoms with E-state index < -0.39 is 23.4 Å². The molecule has 38 heavy (non-hydrogen) atoms. The summed E-state index contributed by atoms with van der Waals surface area (Å²) in [5.74, 6) is -0.0318. The molecule has 0 radical (unpaired) electrons. The first-order valence-electron chi connectivity index (χ1n) is 13.9. The number of amidine groups is 1. The predicted octanol–water partition coefficient (Wildman–Crippen LogP) is 2.58. The van der Waals surface area contributed by atoms with Gasteiger partial charge in [0, 0.05) is 25.4 Å². The number of hydrogen-bond donors (Lipinski definition) is 5. The van der Waals surface area contributed by atoms with Crippen molar-refractivity contribution < 1.29 is 22.8 Å². The topological polar surface area (TPSA) is 163 Å². The van der Waals surface area contributed by atoms with Crippen molar-refractivity contribution >= 4 is 40.3 Å². The van der Waals surface area contributed by atoms with Crippen LogP contribution in [0.25, 0.3) is 0 Å². The fourth-order valence-corrected chi connectivity index (χ4v) is 8.49. The Bertz CT molecular complexity index is 1030. The summed E-state index contributed by atoms with van der Waals surface area (Å²) < 4.78 is 23.8. The molecule has 4 atom stereocenters. The summed E-state index contributed by atoms with van der Waals surface area (Å²) in [6.07, 6.45) is 9.62. The fourth-order valence-electron chi connectivity index (χ4n) is 7.02. The van der Waals surface area contributed by atoms with E-state index >= 15 is 0 Å². The first-order valence-corrected chi connectivity index (χ1v) is 15.8. The third-order valence-electron chi connectivity index (χ3n) is 8.81. The fraction of sp³-hybridized carbons (Fsp3) is 0.731. The van der Waals surface area contributed by atoms with Crippen molar-refractivity contribution in [3.05, 3.63) is 21.9 Å². The molecule has 2 heterocycles. The zero-order chi connectivity index (χ0) is 27.4. The van der Waals surface area contributed by atoms with Crippen LogP contribution in [0.2, 0.25) is 0 Å². The van der Waals surface area contributed by atoms with Gasteiger partial charge in [-0.3, -0.25) is 14.8 Å². The van der Waals surface area contributed by atoms with Gasteiger partial charge >= 0.3 is 5.91 Å². The lowest BCUT2D eigenvalue weighted by atomic mass is 9.83. The molecular weight excluding hydrogens is 524 g/mol. The maximum absolute atomic E-state index is 15.0. The summed E-state index contributed by atoms with van der Waals surface area (Å²) in [5, 5.41) is 7.89. The molecule has 3 aliphatic rings. The molecular formula is C26H43N6O4S2+. The Kier molecular flexibility index (Phi) is 9.75. The molecule has 2 unspecified atom stereocenters. The van der Waals surface area contributed by atoms with Gasteiger partial charge in [-0.15, -0.1) is 11.3 Å². The molecule has 2 aliphatic carbocycles. The van der Waals surface area contributed by atoms with Crippen LogP contribution in [0.5, 0.6) is 0 Å². The van der Waals surface area contributed by atoms with Crippen LogP contribution >= 0.6 is 11.3 Å². The van der Waals surface area contributed by atoms with Gasteiger partial charge in [0.2, 0.25) is 17.2 Å². The lowest BCUT2D eigenvalue weighted by Crippen LogP contribution is -2.69. The molecule has 0 spiro atoms. The highest BCUT2D eigenvalue weighted by Crippen LogP contribution is 2.42. The second-order valence-corrected chi connectivity index (χ2v) is 13.2. The van der Waals surface area contributed by atoms with Gasteiger partial charge in [-0.05, 0) is 70.4 Å². The maximum Gasteiger partial charge on any atom is 0.337 e. The molecule has 0 bridgehead atoms. The van der Waals surface area contributed by atoms with Crippen LogP contribution in [-0.4, -0.2) is 72.5 Å². The number of rotatable bonds is 9. The second-order valence-electron chi connectivity index (χ2n) is 11.2. The Hall–Kier alpha value is -1.70. The molecule has 1 aromatic rings. The third-order valence-corrected chi connectivity index (χ3v) is 10.4. The summed E-state index contributed by atoms with van der Waals surface area (Å²) >= 11 is -0.593. The molecule has 2 amide bonds. The molecule has 3 fully saturated rings. The predicted molar refractivity (Wildman–Crippen MR) is 150 cm³/mol. The largest absolute Gasteiger partial charge is 0.383 e. The first-order chi connectivity index (χ1) is 18.1. The van der Waals surface area contributed by atoms with Crippen LogP contribution in [0.4, 0.5) is 0 Å². The van der Waals surface area contributed by atoms with Crippen LogP contribution < -0.4 is 16.2 Å². The van der Waals surface area contributed by atoms with Crippen molar-refractivity contribution in [1.29, 1.82) is 5.41 Å². The molecule has 4 rings (SSSR count). The van der Waals surface area contributed by atoms with Crippen LogP contribution in [0.3, 0.4) is 0 Å². The Balaban J connectivity index is 1.75. The minimum atomic E-state index is -2.07. The van der Waals surface area contributed by atoms with E-state index in [0.717, 1.165) is 56.2 Å². The van der Waals surface area contributed by atoms with E-state index in [2.05, 4.69) is 4.72 Å². The lowest BCUT2D eigenvalue weighted by Gasteiger charge is -2.52. The molecule has 212 valence electrons. The van der Waals surface area contributed by atoms with E-state index in [4.69, 9.17) is 16.9 Å². The van der Waals surface area contributed by atoms with Gasteiger partial charge in [-0.2, -0.15) is 0 Å². The van der Waals surface area contributed by atoms with Crippen molar-refractivity contribution in [3.8, 4) is 0 Å². The summed E-state index contributed by atoms with van der Waals surface area (Å²) in [5.41, 5.74) is 11.8. The molecule has 1 saturated heterocycles. The molecule has 2 saturated carbocycles. The maximum atomic E-state index is 15.0. The zero-order valence-electron chi connectivity index (χ0n) is 22.3. The standard InChI is InChI=1S/C26H42N6O4S2/c1-17(27)25(33)31-15-5-8-22(31)26(34)32(19-6-3-2-4-7-19,16-21-13-14-23(37-21)24(28)29)20-11-9-18(10-12-20)30-38(35)36/h13-14,17-20,22,30H,2-12,15-16,27H2,1H3,(H3-,28,29,35,36)/p+1/t17-,18?,20?,22-,32?/m0/s1. The SMILES string of the molecule is C[C@H](N)C(=O)N1CCC[C@H]1C(=O)[N+](Cc1ccc(C(=N)N)s1)(C1CCCCC1)C1CCC(NS(=O)O)CC1. The van der Waals surface area contributed by atoms with Crippen molar-refractivity contribution in [2.75, 3.05) is 6.54 Å². The summed E-state index contributed by atoms with van der Waals surface area (Å²) in [7, 11) is 0. The number of hydrogen-bond acceptors (Lipinski definition) is 6. The summed E-state index contributed by atoms with van der Waals surface area (Å²) in [6.45, 7) is 2.75. The van der Waals surface area contributed by atoms with Gasteiger partial charge in [0.15, 0.2) is 0 Å². The van der Waals surface area contributed by atoms with Crippen molar-refractivity contribution in [3.63, 3.8) is 0 Å². The van der Waals surface area contributed by atoms with Gasteiger partial charge in [0.05, 0.1) is 27.9 Å². The average molecular weight is 568 g/mol. The quantitative estimate of drug-likeness (QED) is 0.133. The van der Waals surface area contributed by atoms with Crippen LogP contribution in [-0.2, 0) is 27.4 Å². The normalized spacial score (nSPS) is 28.0. The number of quaternary nitrogens is 1. The number of nitrogens with one attached hydrogen (secondary N) is 2. The number of amides is 2. The highest BCUT2D eigenvalue weighted by Gasteiger charge is 2.55. The monoisotopic (exact) mass is 567 g/mol. The first kappa shape index (κ1) is 29.3. The lowest BCUT2D eigenvalue weighted by molar-refractivity contribution is -0.919. The van der Waals surface area contributed by atoms with E-state index in [-0.39, 0.29) is 35.8 Å². The minimum absolute atomic E-state index is 0.0245. The number of thiophene rings is 1. The Morgan fingerprint density at radius 3 is 2.37 bits per heavy atom. The number of carbonyl (C=O) groups is 2. The molecule has 12 heteroatoms. The highest BCUT2D eigenvalue weighted by molar-refractivity contribution is 7.77. The van der Waals surface area contributed by atoms with Gasteiger partial charge in [-0.1, -0.05) is 6.42 Å². The van der Waals surface area contributed by atoms with Gasteiger partial charge in [0.1, 0.15) is 18.4 Å². The van der Waals surface area contributed by atoms with Gasteiger partial charge in [-0.25, -0.2) is 18.2 Å². The van der Waals surface area contributed by atoms with E-state index in [9.17, 15) is 18.4 Å². The van der Waals surface area contributed by atoms with E-state index in [1.54, 1.807) is 11.8 Å². The summed E-state index contributed by atoms with van der Waals surface area (Å²) in [6, 6.07) is 2.83. The highest BCUT2D eigenvalue weighted by atomic mass is 32.2. The number of carbonyl (C=O) groups excluding carboxylic acids is 2. The van der Waals surface area contributed by atoms with E-state index in [1.807, 2.05) is 12.1 Å². The molecule has 1 aromatic heterocycles. The molecule has 0 aromatic carbocycles. The van der Waals surface area contributed by atoms with E-state index in [1.165, 1.54) is 11.3 Å². The number of nitrogen functional groups attached to an aromatic ring is 1. The number of likely N-dealkylation sites (tertiary alicyclic amines) is 1. The van der Waals surface area contributed by atoms with Crippen molar-refractivity contribution in [1.82, 2.24) is 9.62 Å². The number of nitrogens with two attached hydrogens (primary N) is 2. The molecule has 7 N–H and O–H groups in total. The van der Waals surface area contributed by atoms with E-state index in [0.29, 0.717) is 41.7 Å². The van der Waals surface area contributed by atoms with Crippen LogP contribution in [0.1, 0.15) is 87.3 Å². The number of nitrogens with zero attached hydrogens (tertiary/aromatic N) is 2. The Morgan fingerprint density at radius 2 is 1.79 bits per heavy atom. The second kappa shape index (κ2) is 12.6. The molecule has 10 nitrogen and oxygen atoms in total. The van der Waals surface area contributed by atoms with Gasteiger partial charge < -0.3 is 16.4 Å². The van der Waals surface area contributed by atoms with Gasteiger partial charge in [0.25, 0.3) is 0 Å². The summed E-state index contributed by atoms with van der Waals surface area (Å²) in [4.78, 5) is 31.5. The average Bonchev–Trinajstić information content (AvgIpc) is 3.57. The zero-order valence-corrected chi connectivity index (χ0v) is 23.9. The van der Waals surface area contributed by atoms with Crippen molar-refractivity contribution in [2.45, 2.75) is 114 Å².